The predicted molar refractivity (Wildman–Crippen MR) is 34.0 cm³/mol. The van der Waals surface area contributed by atoms with E-state index in [9.17, 15) is 8.78 Å². The van der Waals surface area contributed by atoms with Crippen LogP contribution in [0.5, 0.6) is 0 Å². The van der Waals surface area contributed by atoms with Crippen LogP contribution in [0.1, 0.15) is 12.8 Å². The van der Waals surface area contributed by atoms with Crippen LogP contribution in [0.3, 0.4) is 0 Å². The van der Waals surface area contributed by atoms with Gasteiger partial charge in [0.05, 0.1) is 0 Å². The summed E-state index contributed by atoms with van der Waals surface area (Å²) in [4.78, 5) is 0. The molecule has 2 N–H and O–H groups in total. The van der Waals surface area contributed by atoms with Crippen LogP contribution in [0, 0.1) is 5.92 Å². The third kappa shape index (κ3) is 1.52. The molecule has 1 saturated carbocycles. The molecule has 0 aromatic heterocycles. The van der Waals surface area contributed by atoms with Gasteiger partial charge in [0.15, 0.2) is 0 Å². The minimum Gasteiger partial charge on any atom is -0.330 e. The molecule has 0 aromatic carbocycles. The predicted octanol–water partition coefficient (Wildman–Crippen LogP) is 1.41. The zero-order valence-corrected chi connectivity index (χ0v) is 5.76. The molecular weight excluding hydrogens is 148 g/mol. The lowest BCUT2D eigenvalue weighted by atomic mass is 9.81. The molecule has 0 saturated heterocycles. The van der Waals surface area contributed by atoms with Crippen LogP contribution in [0.4, 0.5) is 8.78 Å². The Morgan fingerprint density at radius 2 is 2.11 bits per heavy atom. The third-order valence-electron chi connectivity index (χ3n) is 1.71. The van der Waals surface area contributed by atoms with Crippen molar-refractivity contribution in [2.24, 2.45) is 11.7 Å². The van der Waals surface area contributed by atoms with Gasteiger partial charge < -0.3 is 5.73 Å². The van der Waals surface area contributed by atoms with Crippen molar-refractivity contribution in [3.63, 3.8) is 0 Å². The number of hydrogen-bond acceptors (Lipinski definition) is 1. The van der Waals surface area contributed by atoms with Gasteiger partial charge in [-0.05, 0) is 6.42 Å². The van der Waals surface area contributed by atoms with Gasteiger partial charge in [0.25, 0.3) is 5.92 Å². The molecule has 1 atom stereocenters. The molecule has 9 heavy (non-hydrogen) atoms. The van der Waals surface area contributed by atoms with Crippen LogP contribution >= 0.6 is 12.4 Å². The van der Waals surface area contributed by atoms with E-state index in [0.717, 1.165) is 0 Å². The third-order valence-corrected chi connectivity index (χ3v) is 1.71. The maximum Gasteiger partial charge on any atom is 0.252 e. The van der Waals surface area contributed by atoms with Crippen LogP contribution in [0.2, 0.25) is 0 Å². The van der Waals surface area contributed by atoms with E-state index in [1.807, 2.05) is 0 Å². The van der Waals surface area contributed by atoms with Crippen LogP contribution < -0.4 is 5.73 Å². The first kappa shape index (κ1) is 9.11. The summed E-state index contributed by atoms with van der Waals surface area (Å²) < 4.78 is 24.2. The van der Waals surface area contributed by atoms with Gasteiger partial charge in [-0.3, -0.25) is 0 Å². The Bertz CT molecular complexity index is 95.0. The van der Waals surface area contributed by atoms with Crippen molar-refractivity contribution in [3.8, 4) is 0 Å². The molecule has 0 aromatic rings. The summed E-state index contributed by atoms with van der Waals surface area (Å²) in [5.74, 6) is -2.96. The van der Waals surface area contributed by atoms with Gasteiger partial charge in [-0.25, -0.2) is 8.78 Å². The number of alkyl halides is 2. The van der Waals surface area contributed by atoms with Gasteiger partial charge in [-0.15, -0.1) is 12.4 Å². The summed E-state index contributed by atoms with van der Waals surface area (Å²) in [5, 5.41) is 0. The van der Waals surface area contributed by atoms with Crippen molar-refractivity contribution in [1.82, 2.24) is 0 Å². The van der Waals surface area contributed by atoms with Gasteiger partial charge in [0, 0.05) is 18.9 Å². The van der Waals surface area contributed by atoms with Crippen molar-refractivity contribution in [2.75, 3.05) is 6.54 Å². The quantitative estimate of drug-likeness (QED) is 0.612. The van der Waals surface area contributed by atoms with Gasteiger partial charge >= 0.3 is 0 Å². The molecule has 56 valence electrons. The molecule has 1 aliphatic rings. The standard InChI is InChI=1S/C5H9F2N.ClH/c6-5(7)2-1-4(5)3-8;/h4H,1-3,8H2;1H/t4-;/m1./s1. The maximum atomic E-state index is 12.1. The number of halogens is 3. The lowest BCUT2D eigenvalue weighted by molar-refractivity contribution is -0.127. The van der Waals surface area contributed by atoms with E-state index in [4.69, 9.17) is 5.73 Å². The summed E-state index contributed by atoms with van der Waals surface area (Å²) in [6, 6.07) is 0. The first-order valence-corrected chi connectivity index (χ1v) is 2.74. The van der Waals surface area contributed by atoms with Crippen LogP contribution in [-0.2, 0) is 0 Å². The van der Waals surface area contributed by atoms with Crippen molar-refractivity contribution >= 4 is 12.4 Å². The number of hydrogen-bond donors (Lipinski definition) is 1. The minimum absolute atomic E-state index is 0. The normalized spacial score (nSPS) is 30.3. The van der Waals surface area contributed by atoms with Crippen molar-refractivity contribution in [2.45, 2.75) is 18.8 Å². The molecule has 1 aliphatic carbocycles. The van der Waals surface area contributed by atoms with Gasteiger partial charge in [-0.2, -0.15) is 0 Å². The monoisotopic (exact) mass is 157 g/mol. The Morgan fingerprint density at radius 1 is 1.56 bits per heavy atom. The first-order valence-electron chi connectivity index (χ1n) is 2.74. The molecular formula is C5H10ClF2N. The molecule has 0 radical (unpaired) electrons. The second-order valence-electron chi connectivity index (χ2n) is 2.23. The zero-order chi connectivity index (χ0) is 6.20. The van der Waals surface area contributed by atoms with E-state index in [1.54, 1.807) is 0 Å². The topological polar surface area (TPSA) is 26.0 Å². The SMILES string of the molecule is Cl.NC[C@H]1CCC1(F)F. The molecule has 0 heterocycles. The molecule has 1 fully saturated rings. The average Bonchev–Trinajstić information content (AvgIpc) is 1.66. The van der Waals surface area contributed by atoms with Crippen LogP contribution in [0.15, 0.2) is 0 Å². The Labute approximate surface area is 59.0 Å². The lowest BCUT2D eigenvalue weighted by Crippen LogP contribution is -2.43. The van der Waals surface area contributed by atoms with E-state index in [-0.39, 0.29) is 25.4 Å². The highest BCUT2D eigenvalue weighted by molar-refractivity contribution is 5.85. The van der Waals surface area contributed by atoms with Crippen LogP contribution in [0.25, 0.3) is 0 Å². The largest absolute Gasteiger partial charge is 0.330 e. The molecule has 0 aliphatic heterocycles. The Morgan fingerprint density at radius 3 is 2.11 bits per heavy atom. The summed E-state index contributed by atoms with van der Waals surface area (Å²) >= 11 is 0. The van der Waals surface area contributed by atoms with E-state index < -0.39 is 11.8 Å². The molecule has 1 rings (SSSR count). The van der Waals surface area contributed by atoms with Crippen molar-refractivity contribution < 1.29 is 8.78 Å². The Kier molecular flexibility index (Phi) is 2.83. The zero-order valence-electron chi connectivity index (χ0n) is 4.94. The van der Waals surface area contributed by atoms with Gasteiger partial charge in [0.1, 0.15) is 0 Å². The Balaban J connectivity index is 0.000000640. The average molecular weight is 158 g/mol. The molecule has 4 heteroatoms. The highest BCUT2D eigenvalue weighted by Crippen LogP contribution is 2.42. The number of nitrogens with two attached hydrogens (primary N) is 1. The highest BCUT2D eigenvalue weighted by Gasteiger charge is 2.46. The summed E-state index contributed by atoms with van der Waals surface area (Å²) in [7, 11) is 0. The number of rotatable bonds is 1. The molecule has 1 nitrogen and oxygen atoms in total. The van der Waals surface area contributed by atoms with E-state index in [1.165, 1.54) is 0 Å². The van der Waals surface area contributed by atoms with E-state index >= 15 is 0 Å². The molecule has 0 spiro atoms. The summed E-state index contributed by atoms with van der Waals surface area (Å²) in [5.41, 5.74) is 5.03. The lowest BCUT2D eigenvalue weighted by Gasteiger charge is -2.35. The maximum absolute atomic E-state index is 12.1. The van der Waals surface area contributed by atoms with Gasteiger partial charge in [0.2, 0.25) is 0 Å². The highest BCUT2D eigenvalue weighted by atomic mass is 35.5. The first-order chi connectivity index (χ1) is 3.67. The summed E-state index contributed by atoms with van der Waals surface area (Å²) in [6.07, 6.45) is 0.637. The second-order valence-corrected chi connectivity index (χ2v) is 2.23. The van der Waals surface area contributed by atoms with Crippen LogP contribution in [-0.4, -0.2) is 12.5 Å². The minimum atomic E-state index is -2.44. The fourth-order valence-electron chi connectivity index (χ4n) is 0.857. The Hall–Kier alpha value is 0.110. The smallest absolute Gasteiger partial charge is 0.252 e. The fraction of sp³-hybridized carbons (Fsp3) is 1.00. The van der Waals surface area contributed by atoms with E-state index in [0.29, 0.717) is 6.42 Å². The fourth-order valence-corrected chi connectivity index (χ4v) is 0.857. The summed E-state index contributed by atoms with van der Waals surface area (Å²) in [6.45, 7) is 0.132. The van der Waals surface area contributed by atoms with Gasteiger partial charge in [-0.1, -0.05) is 0 Å². The second kappa shape index (κ2) is 2.80. The van der Waals surface area contributed by atoms with Crippen molar-refractivity contribution in [3.05, 3.63) is 0 Å². The molecule has 0 amide bonds. The van der Waals surface area contributed by atoms with Crippen molar-refractivity contribution in [1.29, 1.82) is 0 Å². The van der Waals surface area contributed by atoms with E-state index in [2.05, 4.69) is 0 Å². The molecule has 0 bridgehead atoms. The molecule has 0 unspecified atom stereocenters.